The van der Waals surface area contributed by atoms with Gasteiger partial charge in [-0.2, -0.15) is 0 Å². The van der Waals surface area contributed by atoms with Gasteiger partial charge in [0.25, 0.3) is 0 Å². The van der Waals surface area contributed by atoms with Gasteiger partial charge in [0, 0.05) is 0 Å². The molecule has 1 unspecified atom stereocenters. The summed E-state index contributed by atoms with van der Waals surface area (Å²) in [7, 11) is 1.39. The molecule has 19 heavy (non-hydrogen) atoms. The average molecular weight is 264 g/mol. The first-order valence-electron chi connectivity index (χ1n) is 6.58. The Bertz CT molecular complexity index is 444. The number of hydrogen-bond acceptors (Lipinski definition) is 3. The highest BCUT2D eigenvalue weighted by atomic mass is 16.5. The van der Waals surface area contributed by atoms with Crippen molar-refractivity contribution in [1.82, 2.24) is 0 Å². The van der Waals surface area contributed by atoms with E-state index in [1.54, 1.807) is 0 Å². The molecule has 0 radical (unpaired) electrons. The molecule has 1 atom stereocenters. The van der Waals surface area contributed by atoms with Crippen LogP contribution in [0.5, 0.6) is 5.75 Å². The highest BCUT2D eigenvalue weighted by Crippen LogP contribution is 2.28. The first-order chi connectivity index (χ1) is 8.74. The van der Waals surface area contributed by atoms with Crippen LogP contribution in [0.4, 0.5) is 0 Å². The maximum atomic E-state index is 11.2. The molecule has 0 spiro atoms. The molecule has 106 valence electrons. The summed E-state index contributed by atoms with van der Waals surface area (Å²) in [5.41, 5.74) is 2.49. The van der Waals surface area contributed by atoms with Gasteiger partial charge in [0.15, 0.2) is 0 Å². The van der Waals surface area contributed by atoms with Gasteiger partial charge in [0.05, 0.1) is 13.5 Å². The van der Waals surface area contributed by atoms with Crippen molar-refractivity contribution in [2.45, 2.75) is 52.6 Å². The summed E-state index contributed by atoms with van der Waals surface area (Å²) in [6.07, 6.45) is 0.0726. The second kappa shape index (κ2) is 6.09. The number of esters is 1. The molecule has 0 aromatic heterocycles. The number of carbonyl (C=O) groups is 1. The Labute approximate surface area is 115 Å². The maximum absolute atomic E-state index is 11.2. The van der Waals surface area contributed by atoms with Crippen molar-refractivity contribution in [1.29, 1.82) is 0 Å². The van der Waals surface area contributed by atoms with E-state index in [2.05, 4.69) is 37.6 Å². The van der Waals surface area contributed by atoms with Crippen LogP contribution < -0.4 is 4.74 Å². The number of methoxy groups -OCH3 is 1. The molecule has 3 nitrogen and oxygen atoms in total. The highest BCUT2D eigenvalue weighted by Gasteiger charge is 2.16. The van der Waals surface area contributed by atoms with E-state index in [1.807, 2.05) is 19.9 Å². The van der Waals surface area contributed by atoms with Crippen molar-refractivity contribution < 1.29 is 14.3 Å². The molecule has 0 aliphatic heterocycles. The molecule has 0 N–H and O–H groups in total. The fourth-order valence-corrected chi connectivity index (χ4v) is 1.82. The van der Waals surface area contributed by atoms with Gasteiger partial charge < -0.3 is 9.47 Å². The summed E-state index contributed by atoms with van der Waals surface area (Å²) in [6.45, 7) is 10.4. The van der Waals surface area contributed by atoms with Crippen molar-refractivity contribution in [3.63, 3.8) is 0 Å². The molecule has 0 fully saturated rings. The zero-order chi connectivity index (χ0) is 14.6. The zero-order valence-electron chi connectivity index (χ0n) is 12.7. The normalized spacial score (nSPS) is 12.9. The minimum absolute atomic E-state index is 0.126. The molecule has 0 aliphatic rings. The summed E-state index contributed by atoms with van der Waals surface area (Å²) >= 11 is 0. The SMILES string of the molecule is COC(=O)CC(C)Oc1ccc(C(C)(C)C)cc1C. The monoisotopic (exact) mass is 264 g/mol. The molecule has 1 aromatic carbocycles. The Morgan fingerprint density at radius 3 is 2.42 bits per heavy atom. The zero-order valence-corrected chi connectivity index (χ0v) is 12.7. The highest BCUT2D eigenvalue weighted by molar-refractivity contribution is 5.69. The van der Waals surface area contributed by atoms with Crippen molar-refractivity contribution in [2.75, 3.05) is 7.11 Å². The third-order valence-corrected chi connectivity index (χ3v) is 3.05. The maximum Gasteiger partial charge on any atom is 0.309 e. The number of hydrogen-bond donors (Lipinski definition) is 0. The second-order valence-corrected chi connectivity index (χ2v) is 5.94. The predicted octanol–water partition coefficient (Wildman–Crippen LogP) is 3.62. The van der Waals surface area contributed by atoms with Crippen molar-refractivity contribution in [3.05, 3.63) is 29.3 Å². The molecule has 0 heterocycles. The lowest BCUT2D eigenvalue weighted by Gasteiger charge is -2.21. The van der Waals surface area contributed by atoms with Gasteiger partial charge in [0.1, 0.15) is 11.9 Å². The van der Waals surface area contributed by atoms with Gasteiger partial charge in [-0.3, -0.25) is 4.79 Å². The third-order valence-electron chi connectivity index (χ3n) is 3.05. The van der Waals surface area contributed by atoms with Crippen LogP contribution in [0.3, 0.4) is 0 Å². The van der Waals surface area contributed by atoms with Crippen LogP contribution in [0, 0.1) is 6.92 Å². The summed E-state index contributed by atoms with van der Waals surface area (Å²) in [6, 6.07) is 6.19. The van der Waals surface area contributed by atoms with Gasteiger partial charge >= 0.3 is 5.97 Å². The van der Waals surface area contributed by atoms with Crippen LogP contribution in [-0.2, 0) is 14.9 Å². The smallest absolute Gasteiger partial charge is 0.309 e. The molecule has 0 bridgehead atoms. The van der Waals surface area contributed by atoms with Crippen LogP contribution in [0.25, 0.3) is 0 Å². The van der Waals surface area contributed by atoms with E-state index in [1.165, 1.54) is 12.7 Å². The lowest BCUT2D eigenvalue weighted by atomic mass is 9.86. The lowest BCUT2D eigenvalue weighted by molar-refractivity contribution is -0.142. The van der Waals surface area contributed by atoms with Gasteiger partial charge in [-0.15, -0.1) is 0 Å². The molecular weight excluding hydrogens is 240 g/mol. The number of rotatable bonds is 4. The summed E-state index contributed by atoms with van der Waals surface area (Å²) in [4.78, 5) is 11.2. The Morgan fingerprint density at radius 1 is 1.32 bits per heavy atom. The van der Waals surface area contributed by atoms with E-state index < -0.39 is 0 Å². The Balaban J connectivity index is 2.78. The quantitative estimate of drug-likeness (QED) is 0.779. The number of aryl methyl sites for hydroxylation is 1. The summed E-state index contributed by atoms with van der Waals surface area (Å²) in [5.74, 6) is 0.570. The third kappa shape index (κ3) is 4.58. The van der Waals surface area contributed by atoms with E-state index in [-0.39, 0.29) is 23.9 Å². The molecule has 0 amide bonds. The number of ether oxygens (including phenoxy) is 2. The lowest BCUT2D eigenvalue weighted by Crippen LogP contribution is -2.18. The second-order valence-electron chi connectivity index (χ2n) is 5.94. The summed E-state index contributed by atoms with van der Waals surface area (Å²) in [5, 5.41) is 0. The fourth-order valence-electron chi connectivity index (χ4n) is 1.82. The first-order valence-corrected chi connectivity index (χ1v) is 6.58. The Kier molecular flexibility index (Phi) is 4.98. The van der Waals surface area contributed by atoms with Crippen LogP contribution in [-0.4, -0.2) is 19.2 Å². The van der Waals surface area contributed by atoms with Crippen molar-refractivity contribution in [3.8, 4) is 5.75 Å². The number of carbonyl (C=O) groups excluding carboxylic acids is 1. The van der Waals surface area contributed by atoms with E-state index in [9.17, 15) is 4.79 Å². The van der Waals surface area contributed by atoms with Gasteiger partial charge in [0.2, 0.25) is 0 Å². The molecule has 1 aromatic rings. The van der Waals surface area contributed by atoms with Crippen LogP contribution >= 0.6 is 0 Å². The predicted molar refractivity (Wildman–Crippen MR) is 76.6 cm³/mol. The van der Waals surface area contributed by atoms with E-state index in [0.717, 1.165) is 11.3 Å². The molecule has 0 aliphatic carbocycles. The van der Waals surface area contributed by atoms with Gasteiger partial charge in [-0.05, 0) is 36.5 Å². The fraction of sp³-hybridized carbons (Fsp3) is 0.562. The first kappa shape index (κ1) is 15.5. The minimum Gasteiger partial charge on any atom is -0.490 e. The average Bonchev–Trinajstić information content (AvgIpc) is 2.30. The van der Waals surface area contributed by atoms with Gasteiger partial charge in [-0.1, -0.05) is 32.9 Å². The van der Waals surface area contributed by atoms with E-state index >= 15 is 0 Å². The largest absolute Gasteiger partial charge is 0.490 e. The van der Waals surface area contributed by atoms with E-state index in [4.69, 9.17) is 4.74 Å². The Hall–Kier alpha value is -1.51. The van der Waals surface area contributed by atoms with Gasteiger partial charge in [-0.25, -0.2) is 0 Å². The Morgan fingerprint density at radius 2 is 1.95 bits per heavy atom. The van der Waals surface area contributed by atoms with Crippen LogP contribution in [0.15, 0.2) is 18.2 Å². The van der Waals surface area contributed by atoms with Crippen LogP contribution in [0.1, 0.15) is 45.2 Å². The molecule has 0 saturated heterocycles. The molecule has 1 rings (SSSR count). The van der Waals surface area contributed by atoms with Crippen molar-refractivity contribution in [2.24, 2.45) is 0 Å². The van der Waals surface area contributed by atoms with Crippen LogP contribution in [0.2, 0.25) is 0 Å². The van der Waals surface area contributed by atoms with E-state index in [0.29, 0.717) is 0 Å². The molecule has 3 heteroatoms. The topological polar surface area (TPSA) is 35.5 Å². The number of benzene rings is 1. The minimum atomic E-state index is -0.253. The molecular formula is C16H24O3. The summed E-state index contributed by atoms with van der Waals surface area (Å²) < 4.78 is 10.4. The molecule has 0 saturated carbocycles. The van der Waals surface area contributed by atoms with Crippen molar-refractivity contribution >= 4 is 5.97 Å². The standard InChI is InChI=1S/C16H24O3/c1-11-9-13(16(3,4)5)7-8-14(11)19-12(2)10-15(17)18-6/h7-9,12H,10H2,1-6H3.